The molecule has 6 rings (SSSR count). The van der Waals surface area contributed by atoms with E-state index in [1.807, 2.05) is 116 Å². The second-order valence-corrected chi connectivity index (χ2v) is 9.23. The van der Waals surface area contributed by atoms with Crippen molar-refractivity contribution in [3.63, 3.8) is 0 Å². The largest absolute Gasteiger partial charge is 0.497 e. The van der Waals surface area contributed by atoms with Crippen LogP contribution in [0.3, 0.4) is 0 Å². The van der Waals surface area contributed by atoms with Gasteiger partial charge in [-0.2, -0.15) is 0 Å². The second kappa shape index (κ2) is 10.2. The number of nitrogens with one attached hydrogen (secondary N) is 1. The molecular weight excluding hydrogens is 482 g/mol. The SMILES string of the molecule is COc1ccc2[nH]cc(C=Cc3nc4ccccc4c(=O)n3-c3ccc(C#Cc4ccccc4)cc3C)c2c1. The highest BCUT2D eigenvalue weighted by molar-refractivity contribution is 5.92. The molecule has 0 bridgehead atoms. The minimum Gasteiger partial charge on any atom is -0.497 e. The summed E-state index contributed by atoms with van der Waals surface area (Å²) in [6.45, 7) is 1.99. The van der Waals surface area contributed by atoms with E-state index in [2.05, 4.69) is 16.8 Å². The molecule has 5 nitrogen and oxygen atoms in total. The number of H-pyrrole nitrogens is 1. The summed E-state index contributed by atoms with van der Waals surface area (Å²) in [7, 11) is 1.65. The summed E-state index contributed by atoms with van der Waals surface area (Å²) < 4.78 is 7.09. The number of hydrogen-bond acceptors (Lipinski definition) is 3. The molecule has 0 fully saturated rings. The molecule has 0 aliphatic carbocycles. The monoisotopic (exact) mass is 507 g/mol. The van der Waals surface area contributed by atoms with Crippen LogP contribution in [0, 0.1) is 18.8 Å². The Kier molecular flexibility index (Phi) is 6.28. The third kappa shape index (κ3) is 4.72. The Bertz CT molecular complexity index is 1990. The second-order valence-electron chi connectivity index (χ2n) is 9.23. The molecule has 4 aromatic carbocycles. The maximum atomic E-state index is 13.8. The number of fused-ring (bicyclic) bond motifs is 2. The van der Waals surface area contributed by atoms with E-state index in [1.54, 1.807) is 11.7 Å². The topological polar surface area (TPSA) is 59.9 Å². The van der Waals surface area contributed by atoms with Gasteiger partial charge in [-0.05, 0) is 85.3 Å². The Hall–Kier alpha value is -5.34. The van der Waals surface area contributed by atoms with Gasteiger partial charge in [0.05, 0.1) is 23.7 Å². The third-order valence-electron chi connectivity index (χ3n) is 6.70. The fourth-order valence-electron chi connectivity index (χ4n) is 4.69. The highest BCUT2D eigenvalue weighted by Gasteiger charge is 2.13. The maximum Gasteiger partial charge on any atom is 0.266 e. The van der Waals surface area contributed by atoms with Crippen molar-refractivity contribution < 1.29 is 4.74 Å². The fourth-order valence-corrected chi connectivity index (χ4v) is 4.69. The molecule has 6 aromatic rings. The minimum absolute atomic E-state index is 0.118. The standard InChI is InChI=1S/C34H25N3O2/c1-23-20-25(13-12-24-8-4-3-5-9-24)14-18-32(23)37-33(36-31-11-7-6-10-28(31)34(37)38)19-15-26-22-35-30-17-16-27(39-2)21-29(26)30/h3-11,14-22,35H,1-2H3. The van der Waals surface area contributed by atoms with E-state index in [9.17, 15) is 4.79 Å². The molecule has 0 aliphatic rings. The van der Waals surface area contributed by atoms with Gasteiger partial charge in [-0.25, -0.2) is 4.98 Å². The van der Waals surface area contributed by atoms with Crippen molar-refractivity contribution in [2.75, 3.05) is 7.11 Å². The number of aryl methyl sites for hydroxylation is 1. The Morgan fingerprint density at radius 2 is 1.64 bits per heavy atom. The first-order valence-corrected chi connectivity index (χ1v) is 12.6. The average Bonchev–Trinajstić information content (AvgIpc) is 3.38. The van der Waals surface area contributed by atoms with Crippen molar-refractivity contribution >= 4 is 34.0 Å². The van der Waals surface area contributed by atoms with Gasteiger partial charge < -0.3 is 9.72 Å². The summed E-state index contributed by atoms with van der Waals surface area (Å²) in [6, 6.07) is 29.1. The molecule has 188 valence electrons. The van der Waals surface area contributed by atoms with E-state index in [1.165, 1.54) is 0 Å². The molecule has 1 N–H and O–H groups in total. The van der Waals surface area contributed by atoms with Crippen molar-refractivity contribution in [1.29, 1.82) is 0 Å². The van der Waals surface area contributed by atoms with Gasteiger partial charge in [0.2, 0.25) is 0 Å². The van der Waals surface area contributed by atoms with E-state index < -0.39 is 0 Å². The van der Waals surface area contributed by atoms with Gasteiger partial charge in [0.15, 0.2) is 0 Å². The zero-order valence-electron chi connectivity index (χ0n) is 21.6. The van der Waals surface area contributed by atoms with Crippen LogP contribution in [-0.2, 0) is 0 Å². The van der Waals surface area contributed by atoms with Gasteiger partial charge in [0.25, 0.3) is 5.56 Å². The number of aromatic amines is 1. The molecule has 0 saturated heterocycles. The minimum atomic E-state index is -0.118. The highest BCUT2D eigenvalue weighted by Crippen LogP contribution is 2.26. The molecule has 0 unspecified atom stereocenters. The molecule has 0 amide bonds. The maximum absolute atomic E-state index is 13.8. The summed E-state index contributed by atoms with van der Waals surface area (Å²) in [6.07, 6.45) is 5.80. The van der Waals surface area contributed by atoms with E-state index in [0.29, 0.717) is 16.7 Å². The number of para-hydroxylation sites is 1. The molecule has 0 aliphatic heterocycles. The summed E-state index contributed by atoms with van der Waals surface area (Å²) >= 11 is 0. The van der Waals surface area contributed by atoms with Crippen LogP contribution in [0.1, 0.15) is 28.1 Å². The zero-order valence-corrected chi connectivity index (χ0v) is 21.6. The summed E-state index contributed by atoms with van der Waals surface area (Å²) in [5.41, 5.74) is 6.05. The van der Waals surface area contributed by atoms with Crippen LogP contribution in [0.15, 0.2) is 102 Å². The quantitative estimate of drug-likeness (QED) is 0.268. The van der Waals surface area contributed by atoms with Crippen LogP contribution in [0.4, 0.5) is 0 Å². The molecule has 0 atom stereocenters. The van der Waals surface area contributed by atoms with Crippen LogP contribution >= 0.6 is 0 Å². The first kappa shape index (κ1) is 24.0. The molecule has 2 aromatic heterocycles. The van der Waals surface area contributed by atoms with Crippen LogP contribution in [0.2, 0.25) is 0 Å². The van der Waals surface area contributed by atoms with Gasteiger partial charge in [0, 0.05) is 33.8 Å². The van der Waals surface area contributed by atoms with E-state index in [4.69, 9.17) is 9.72 Å². The number of hydrogen-bond donors (Lipinski definition) is 1. The molecule has 5 heteroatoms. The highest BCUT2D eigenvalue weighted by atomic mass is 16.5. The number of ether oxygens (including phenoxy) is 1. The predicted octanol–water partition coefficient (Wildman–Crippen LogP) is 6.75. The van der Waals surface area contributed by atoms with Crippen molar-refractivity contribution in [2.45, 2.75) is 6.92 Å². The molecule has 2 heterocycles. The Labute approximate surface area is 226 Å². The van der Waals surface area contributed by atoms with Crippen LogP contribution in [0.5, 0.6) is 5.75 Å². The predicted molar refractivity (Wildman–Crippen MR) is 158 cm³/mol. The van der Waals surface area contributed by atoms with E-state index >= 15 is 0 Å². The van der Waals surface area contributed by atoms with E-state index in [-0.39, 0.29) is 5.56 Å². The Morgan fingerprint density at radius 3 is 2.46 bits per heavy atom. The van der Waals surface area contributed by atoms with Crippen LogP contribution in [-0.4, -0.2) is 21.6 Å². The summed E-state index contributed by atoms with van der Waals surface area (Å²) in [5.74, 6) is 7.75. The lowest BCUT2D eigenvalue weighted by Crippen LogP contribution is -2.23. The smallest absolute Gasteiger partial charge is 0.266 e. The first-order chi connectivity index (χ1) is 19.1. The average molecular weight is 508 g/mol. The molecule has 39 heavy (non-hydrogen) atoms. The molecular formula is C34H25N3O2. The van der Waals surface area contributed by atoms with Crippen molar-refractivity contribution in [3.05, 3.63) is 136 Å². The Morgan fingerprint density at radius 1 is 0.846 bits per heavy atom. The zero-order chi connectivity index (χ0) is 26.8. The van der Waals surface area contributed by atoms with Crippen molar-refractivity contribution in [2.24, 2.45) is 0 Å². The summed E-state index contributed by atoms with van der Waals surface area (Å²) in [4.78, 5) is 22.0. The lowest BCUT2D eigenvalue weighted by molar-refractivity contribution is 0.415. The van der Waals surface area contributed by atoms with Crippen molar-refractivity contribution in [3.8, 4) is 23.3 Å². The molecule has 0 spiro atoms. The molecule has 0 saturated carbocycles. The lowest BCUT2D eigenvalue weighted by Gasteiger charge is -2.14. The van der Waals surface area contributed by atoms with Crippen LogP contribution in [0.25, 0.3) is 39.6 Å². The van der Waals surface area contributed by atoms with E-state index in [0.717, 1.165) is 44.6 Å². The lowest BCUT2D eigenvalue weighted by atomic mass is 10.1. The number of methoxy groups -OCH3 is 1. The fraction of sp³-hybridized carbons (Fsp3) is 0.0588. The van der Waals surface area contributed by atoms with Gasteiger partial charge in [0.1, 0.15) is 11.6 Å². The third-order valence-corrected chi connectivity index (χ3v) is 6.70. The van der Waals surface area contributed by atoms with Gasteiger partial charge in [-0.3, -0.25) is 9.36 Å². The summed E-state index contributed by atoms with van der Waals surface area (Å²) in [5, 5.41) is 1.59. The number of benzene rings is 4. The van der Waals surface area contributed by atoms with Gasteiger partial charge >= 0.3 is 0 Å². The van der Waals surface area contributed by atoms with Gasteiger partial charge in [-0.1, -0.05) is 42.2 Å². The number of nitrogens with zero attached hydrogens (tertiary/aromatic N) is 2. The first-order valence-electron chi connectivity index (χ1n) is 12.6. The number of aromatic nitrogens is 3. The van der Waals surface area contributed by atoms with Crippen molar-refractivity contribution in [1.82, 2.24) is 14.5 Å². The normalized spacial score (nSPS) is 11.1. The van der Waals surface area contributed by atoms with Gasteiger partial charge in [-0.15, -0.1) is 0 Å². The number of rotatable bonds is 4. The van der Waals surface area contributed by atoms with Crippen LogP contribution < -0.4 is 10.3 Å². The molecule has 0 radical (unpaired) electrons. The Balaban J connectivity index is 1.47.